The van der Waals surface area contributed by atoms with Crippen molar-refractivity contribution in [1.82, 2.24) is 0 Å². The Morgan fingerprint density at radius 2 is 2.10 bits per heavy atom. The van der Waals surface area contributed by atoms with Crippen molar-refractivity contribution in [3.63, 3.8) is 0 Å². The third-order valence-electron chi connectivity index (χ3n) is 3.95. The van der Waals surface area contributed by atoms with Crippen LogP contribution in [0.2, 0.25) is 0 Å². The van der Waals surface area contributed by atoms with Gasteiger partial charge in [0, 0.05) is 23.8 Å². The minimum atomic E-state index is 0.0973. The van der Waals surface area contributed by atoms with Crippen LogP contribution in [0.25, 0.3) is 0 Å². The van der Waals surface area contributed by atoms with Crippen LogP contribution in [-0.4, -0.2) is 35.3 Å². The quantitative estimate of drug-likeness (QED) is 0.332. The van der Waals surface area contributed by atoms with Gasteiger partial charge in [-0.2, -0.15) is 0 Å². The molecule has 0 spiro atoms. The van der Waals surface area contributed by atoms with Gasteiger partial charge in [-0.3, -0.25) is 0 Å². The van der Waals surface area contributed by atoms with Crippen molar-refractivity contribution in [2.45, 2.75) is 38.6 Å². The SMILES string of the molecule is Cc1ccc(C(N)=NO)c(N(CCO)C2CCCC2)c1. The molecule has 1 saturated carbocycles. The van der Waals surface area contributed by atoms with Gasteiger partial charge in [0.15, 0.2) is 5.84 Å². The number of aliphatic hydroxyl groups excluding tert-OH is 1. The van der Waals surface area contributed by atoms with Crippen LogP contribution in [0, 0.1) is 6.92 Å². The Labute approximate surface area is 119 Å². The summed E-state index contributed by atoms with van der Waals surface area (Å²) in [6, 6.07) is 6.29. The Balaban J connectivity index is 2.42. The fourth-order valence-corrected chi connectivity index (χ4v) is 2.97. The molecule has 110 valence electrons. The average Bonchev–Trinajstić information content (AvgIpc) is 2.97. The third-order valence-corrected chi connectivity index (χ3v) is 3.95. The molecule has 0 unspecified atom stereocenters. The maximum Gasteiger partial charge on any atom is 0.172 e. The summed E-state index contributed by atoms with van der Waals surface area (Å²) in [5, 5.41) is 21.4. The number of aliphatic hydroxyl groups is 1. The van der Waals surface area contributed by atoms with E-state index < -0.39 is 0 Å². The Hall–Kier alpha value is -1.75. The third kappa shape index (κ3) is 3.04. The first kappa shape index (κ1) is 14.7. The van der Waals surface area contributed by atoms with Crippen molar-refractivity contribution in [2.75, 3.05) is 18.1 Å². The highest BCUT2D eigenvalue weighted by Crippen LogP contribution is 2.31. The van der Waals surface area contributed by atoms with Crippen LogP contribution in [-0.2, 0) is 0 Å². The molecule has 1 fully saturated rings. The van der Waals surface area contributed by atoms with Crippen molar-refractivity contribution in [3.8, 4) is 0 Å². The Kier molecular flexibility index (Phi) is 4.84. The molecule has 2 rings (SSSR count). The van der Waals surface area contributed by atoms with Gasteiger partial charge < -0.3 is 20.9 Å². The van der Waals surface area contributed by atoms with Crippen LogP contribution in [0.5, 0.6) is 0 Å². The number of rotatable bonds is 5. The van der Waals surface area contributed by atoms with E-state index >= 15 is 0 Å². The van der Waals surface area contributed by atoms with E-state index in [4.69, 9.17) is 10.9 Å². The first-order valence-electron chi connectivity index (χ1n) is 7.13. The van der Waals surface area contributed by atoms with Crippen LogP contribution in [0.15, 0.2) is 23.4 Å². The van der Waals surface area contributed by atoms with Gasteiger partial charge in [0.1, 0.15) is 0 Å². The zero-order valence-corrected chi connectivity index (χ0v) is 11.9. The average molecular weight is 277 g/mol. The molecule has 0 amide bonds. The lowest BCUT2D eigenvalue weighted by molar-refractivity contribution is 0.297. The zero-order valence-electron chi connectivity index (χ0n) is 11.9. The lowest BCUT2D eigenvalue weighted by Gasteiger charge is -2.32. The van der Waals surface area contributed by atoms with Crippen molar-refractivity contribution in [1.29, 1.82) is 0 Å². The molecular weight excluding hydrogens is 254 g/mol. The molecule has 1 aliphatic carbocycles. The van der Waals surface area contributed by atoms with Gasteiger partial charge in [0.2, 0.25) is 0 Å². The van der Waals surface area contributed by atoms with Gasteiger partial charge in [-0.1, -0.05) is 24.1 Å². The minimum Gasteiger partial charge on any atom is -0.409 e. The molecular formula is C15H23N3O2. The van der Waals surface area contributed by atoms with Gasteiger partial charge in [-0.25, -0.2) is 0 Å². The molecule has 1 aromatic rings. The predicted octanol–water partition coefficient (Wildman–Crippen LogP) is 1.83. The molecule has 1 aromatic carbocycles. The topological polar surface area (TPSA) is 82.1 Å². The second-order valence-corrected chi connectivity index (χ2v) is 5.36. The molecule has 4 N–H and O–H groups in total. The van der Waals surface area contributed by atoms with E-state index in [2.05, 4.69) is 10.1 Å². The second-order valence-electron chi connectivity index (χ2n) is 5.36. The van der Waals surface area contributed by atoms with E-state index in [-0.39, 0.29) is 12.4 Å². The van der Waals surface area contributed by atoms with Crippen LogP contribution in [0.3, 0.4) is 0 Å². The van der Waals surface area contributed by atoms with Crippen LogP contribution in [0.4, 0.5) is 5.69 Å². The molecule has 20 heavy (non-hydrogen) atoms. The maximum absolute atomic E-state index is 9.36. The van der Waals surface area contributed by atoms with Gasteiger partial charge in [0.25, 0.3) is 0 Å². The Bertz CT molecular complexity index is 482. The first-order valence-corrected chi connectivity index (χ1v) is 7.13. The summed E-state index contributed by atoms with van der Waals surface area (Å²) in [5.74, 6) is 0.112. The van der Waals surface area contributed by atoms with E-state index in [9.17, 15) is 5.11 Å². The van der Waals surface area contributed by atoms with Gasteiger partial charge in [-0.05, 0) is 37.5 Å². The summed E-state index contributed by atoms with van der Waals surface area (Å²) in [4.78, 5) is 2.20. The van der Waals surface area contributed by atoms with E-state index in [0.29, 0.717) is 12.6 Å². The highest BCUT2D eigenvalue weighted by Gasteiger charge is 2.25. The number of amidine groups is 1. The van der Waals surface area contributed by atoms with E-state index in [0.717, 1.165) is 29.7 Å². The molecule has 0 saturated heterocycles. The molecule has 0 aromatic heterocycles. The summed E-state index contributed by atoms with van der Waals surface area (Å²) in [6.07, 6.45) is 4.70. The highest BCUT2D eigenvalue weighted by molar-refractivity contribution is 6.02. The van der Waals surface area contributed by atoms with Gasteiger partial charge >= 0.3 is 0 Å². The molecule has 0 radical (unpaired) electrons. The Morgan fingerprint density at radius 1 is 1.40 bits per heavy atom. The fraction of sp³-hybridized carbons (Fsp3) is 0.533. The van der Waals surface area contributed by atoms with Crippen LogP contribution in [0.1, 0.15) is 36.8 Å². The molecule has 0 heterocycles. The first-order chi connectivity index (χ1) is 9.67. The lowest BCUT2D eigenvalue weighted by Crippen LogP contribution is -2.37. The van der Waals surface area contributed by atoms with Gasteiger partial charge in [0.05, 0.1) is 6.61 Å². The number of aryl methyl sites for hydroxylation is 1. The molecule has 5 nitrogen and oxygen atoms in total. The van der Waals surface area contributed by atoms with E-state index in [1.165, 1.54) is 12.8 Å². The predicted molar refractivity (Wildman–Crippen MR) is 80.4 cm³/mol. The van der Waals surface area contributed by atoms with Crippen molar-refractivity contribution >= 4 is 11.5 Å². The van der Waals surface area contributed by atoms with E-state index in [1.807, 2.05) is 25.1 Å². The number of nitrogens with two attached hydrogens (primary N) is 1. The summed E-state index contributed by atoms with van der Waals surface area (Å²) >= 11 is 0. The Morgan fingerprint density at radius 3 is 2.70 bits per heavy atom. The van der Waals surface area contributed by atoms with E-state index in [1.54, 1.807) is 0 Å². The largest absolute Gasteiger partial charge is 0.409 e. The zero-order chi connectivity index (χ0) is 14.5. The van der Waals surface area contributed by atoms with Crippen molar-refractivity contribution in [3.05, 3.63) is 29.3 Å². The summed E-state index contributed by atoms with van der Waals surface area (Å²) in [6.45, 7) is 2.69. The van der Waals surface area contributed by atoms with Crippen LogP contribution < -0.4 is 10.6 Å². The van der Waals surface area contributed by atoms with Crippen molar-refractivity contribution < 1.29 is 10.3 Å². The number of benzene rings is 1. The normalized spacial score (nSPS) is 16.6. The fourth-order valence-electron chi connectivity index (χ4n) is 2.97. The number of nitrogens with zero attached hydrogens (tertiary/aromatic N) is 2. The molecule has 0 bridgehead atoms. The highest BCUT2D eigenvalue weighted by atomic mass is 16.4. The van der Waals surface area contributed by atoms with Crippen molar-refractivity contribution in [2.24, 2.45) is 10.9 Å². The molecule has 0 atom stereocenters. The number of hydrogen-bond donors (Lipinski definition) is 3. The number of hydrogen-bond acceptors (Lipinski definition) is 4. The lowest BCUT2D eigenvalue weighted by atomic mass is 10.1. The minimum absolute atomic E-state index is 0.0973. The summed E-state index contributed by atoms with van der Waals surface area (Å²) < 4.78 is 0. The standard InChI is InChI=1S/C15H23N3O2/c1-11-6-7-13(15(16)17-20)14(10-11)18(8-9-19)12-4-2-3-5-12/h6-7,10,12,19-20H,2-5,8-9H2,1H3,(H2,16,17). The summed E-state index contributed by atoms with van der Waals surface area (Å²) in [7, 11) is 0. The maximum atomic E-state index is 9.36. The number of anilines is 1. The molecule has 0 aliphatic heterocycles. The summed E-state index contributed by atoms with van der Waals surface area (Å²) in [5.41, 5.74) is 8.58. The monoisotopic (exact) mass is 277 g/mol. The second kappa shape index (κ2) is 6.61. The molecule has 1 aliphatic rings. The smallest absolute Gasteiger partial charge is 0.172 e. The number of oxime groups is 1. The van der Waals surface area contributed by atoms with Gasteiger partial charge in [-0.15, -0.1) is 0 Å². The van der Waals surface area contributed by atoms with Crippen LogP contribution >= 0.6 is 0 Å². The molecule has 5 heteroatoms.